The number of anilines is 1. The molecule has 0 amide bonds. The molecular weight excluding hydrogens is 218 g/mol. The molecule has 0 fully saturated rings. The summed E-state index contributed by atoms with van der Waals surface area (Å²) in [5.74, 6) is -0.660. The summed E-state index contributed by atoms with van der Waals surface area (Å²) in [5.41, 5.74) is 1.79. The van der Waals surface area contributed by atoms with Gasteiger partial charge in [-0.2, -0.15) is 0 Å². The maximum absolute atomic E-state index is 10.9. The average Bonchev–Trinajstić information content (AvgIpc) is 2.25. The van der Waals surface area contributed by atoms with Crippen LogP contribution in [0.1, 0.15) is 15.9 Å². The van der Waals surface area contributed by atoms with Gasteiger partial charge < -0.3 is 14.9 Å². The molecule has 1 rings (SSSR count). The lowest BCUT2D eigenvalue weighted by Crippen LogP contribution is -2.37. The maximum atomic E-state index is 10.9. The normalized spacial score (nSPS) is 9.88. The fraction of sp³-hybridized carbons (Fsp3) is 0.333. The van der Waals surface area contributed by atoms with Crippen molar-refractivity contribution in [1.29, 1.82) is 5.41 Å². The van der Waals surface area contributed by atoms with E-state index in [0.29, 0.717) is 11.6 Å². The van der Waals surface area contributed by atoms with Gasteiger partial charge in [0.15, 0.2) is 5.96 Å². The topological polar surface area (TPSA) is 67.6 Å². The number of aryl methyl sites for hydroxylation is 1. The standard InChI is InChI=1S/C12H17N3O2/c1-8-5-9(11(16)17)7-10(6-8)15(4)12(13)14(2)3/h5-7,13H,1-4H3,(H,16,17). The van der Waals surface area contributed by atoms with Crippen LogP contribution in [-0.2, 0) is 0 Å². The molecule has 0 heterocycles. The summed E-state index contributed by atoms with van der Waals surface area (Å²) in [7, 11) is 5.28. The van der Waals surface area contributed by atoms with Gasteiger partial charge in [-0.3, -0.25) is 5.41 Å². The summed E-state index contributed by atoms with van der Waals surface area (Å²) in [4.78, 5) is 14.2. The molecule has 5 heteroatoms. The van der Waals surface area contributed by atoms with Gasteiger partial charge in [0.05, 0.1) is 5.56 Å². The molecule has 1 aromatic rings. The molecule has 0 saturated carbocycles. The van der Waals surface area contributed by atoms with Crippen molar-refractivity contribution in [1.82, 2.24) is 4.90 Å². The number of hydrogen-bond donors (Lipinski definition) is 2. The largest absolute Gasteiger partial charge is 0.478 e. The Morgan fingerprint density at radius 1 is 1.24 bits per heavy atom. The molecule has 0 unspecified atom stereocenters. The molecule has 5 nitrogen and oxygen atoms in total. The number of guanidine groups is 1. The predicted molar refractivity (Wildman–Crippen MR) is 68.0 cm³/mol. The van der Waals surface area contributed by atoms with E-state index in [4.69, 9.17) is 10.5 Å². The minimum Gasteiger partial charge on any atom is -0.478 e. The lowest BCUT2D eigenvalue weighted by Gasteiger charge is -2.25. The van der Waals surface area contributed by atoms with Crippen molar-refractivity contribution in [2.45, 2.75) is 6.92 Å². The molecule has 0 aromatic heterocycles. The van der Waals surface area contributed by atoms with Crippen molar-refractivity contribution in [3.63, 3.8) is 0 Å². The second-order valence-corrected chi connectivity index (χ2v) is 4.14. The Hall–Kier alpha value is -2.04. The van der Waals surface area contributed by atoms with Gasteiger partial charge in [0, 0.05) is 26.8 Å². The Kier molecular flexibility index (Phi) is 3.73. The number of carbonyl (C=O) groups is 1. The molecule has 0 aliphatic heterocycles. The first-order valence-electron chi connectivity index (χ1n) is 5.17. The number of carboxylic acids is 1. The van der Waals surface area contributed by atoms with Gasteiger partial charge in [-0.1, -0.05) is 0 Å². The van der Waals surface area contributed by atoms with Gasteiger partial charge in [-0.15, -0.1) is 0 Å². The predicted octanol–water partition coefficient (Wildman–Crippen LogP) is 1.63. The van der Waals surface area contributed by atoms with Crippen molar-refractivity contribution >= 4 is 17.6 Å². The molecule has 1 aromatic carbocycles. The van der Waals surface area contributed by atoms with Gasteiger partial charge in [0.2, 0.25) is 0 Å². The van der Waals surface area contributed by atoms with Crippen molar-refractivity contribution < 1.29 is 9.90 Å². The first kappa shape index (κ1) is 13.0. The van der Waals surface area contributed by atoms with Gasteiger partial charge >= 0.3 is 5.97 Å². The van der Waals surface area contributed by atoms with Crippen molar-refractivity contribution in [2.75, 3.05) is 26.0 Å². The van der Waals surface area contributed by atoms with E-state index in [1.807, 2.05) is 13.0 Å². The zero-order chi connectivity index (χ0) is 13.2. The molecule has 0 radical (unpaired) electrons. The molecule has 0 aliphatic rings. The summed E-state index contributed by atoms with van der Waals surface area (Å²) in [6, 6.07) is 5.02. The van der Waals surface area contributed by atoms with Crippen molar-refractivity contribution in [3.05, 3.63) is 29.3 Å². The van der Waals surface area contributed by atoms with Crippen LogP contribution in [0.4, 0.5) is 5.69 Å². The molecule has 0 bridgehead atoms. The van der Waals surface area contributed by atoms with E-state index in [1.54, 1.807) is 43.1 Å². The van der Waals surface area contributed by atoms with E-state index < -0.39 is 5.97 Å². The van der Waals surface area contributed by atoms with Gasteiger partial charge in [0.1, 0.15) is 0 Å². The van der Waals surface area contributed by atoms with Crippen LogP contribution in [0.2, 0.25) is 0 Å². The summed E-state index contributed by atoms with van der Waals surface area (Å²) in [5, 5.41) is 16.8. The van der Waals surface area contributed by atoms with Crippen LogP contribution in [-0.4, -0.2) is 43.1 Å². The molecule has 2 N–H and O–H groups in total. The highest BCUT2D eigenvalue weighted by Crippen LogP contribution is 2.18. The molecule has 0 spiro atoms. The average molecular weight is 235 g/mol. The Bertz CT molecular complexity index is 455. The van der Waals surface area contributed by atoms with Crippen molar-refractivity contribution in [2.24, 2.45) is 0 Å². The smallest absolute Gasteiger partial charge is 0.335 e. The highest BCUT2D eigenvalue weighted by atomic mass is 16.4. The SMILES string of the molecule is Cc1cc(C(=O)O)cc(N(C)C(=N)N(C)C)c1. The number of nitrogens with one attached hydrogen (secondary N) is 1. The lowest BCUT2D eigenvalue weighted by molar-refractivity contribution is 0.0697. The van der Waals surface area contributed by atoms with Crippen molar-refractivity contribution in [3.8, 4) is 0 Å². The van der Waals surface area contributed by atoms with E-state index in [2.05, 4.69) is 0 Å². The van der Waals surface area contributed by atoms with Gasteiger partial charge in [-0.25, -0.2) is 4.79 Å². The third kappa shape index (κ3) is 2.96. The fourth-order valence-electron chi connectivity index (χ4n) is 1.50. The first-order chi connectivity index (χ1) is 7.82. The third-order valence-corrected chi connectivity index (χ3v) is 2.44. The monoisotopic (exact) mass is 235 g/mol. The first-order valence-corrected chi connectivity index (χ1v) is 5.17. The van der Waals surface area contributed by atoms with Crippen LogP contribution in [0.25, 0.3) is 0 Å². The quantitative estimate of drug-likeness (QED) is 0.604. The molecule has 17 heavy (non-hydrogen) atoms. The van der Waals surface area contributed by atoms with Crippen LogP contribution in [0.15, 0.2) is 18.2 Å². The summed E-state index contributed by atoms with van der Waals surface area (Å²) >= 11 is 0. The van der Waals surface area contributed by atoms with Crippen LogP contribution >= 0.6 is 0 Å². The number of benzene rings is 1. The Morgan fingerprint density at radius 2 is 1.82 bits per heavy atom. The minimum absolute atomic E-state index is 0.235. The van der Waals surface area contributed by atoms with Gasteiger partial charge in [-0.05, 0) is 30.7 Å². The highest BCUT2D eigenvalue weighted by Gasteiger charge is 2.12. The van der Waals surface area contributed by atoms with Crippen LogP contribution < -0.4 is 4.90 Å². The second-order valence-electron chi connectivity index (χ2n) is 4.14. The Balaban J connectivity index is 3.14. The Morgan fingerprint density at radius 3 is 2.29 bits per heavy atom. The van der Waals surface area contributed by atoms with E-state index in [9.17, 15) is 4.79 Å². The summed E-state index contributed by atoms with van der Waals surface area (Å²) in [6.07, 6.45) is 0. The summed E-state index contributed by atoms with van der Waals surface area (Å²) < 4.78 is 0. The lowest BCUT2D eigenvalue weighted by atomic mass is 10.1. The number of aromatic carboxylic acids is 1. The number of nitrogens with zero attached hydrogens (tertiary/aromatic N) is 2. The number of carboxylic acid groups (broad SMARTS) is 1. The van der Waals surface area contributed by atoms with E-state index in [0.717, 1.165) is 5.56 Å². The fourth-order valence-corrected chi connectivity index (χ4v) is 1.50. The maximum Gasteiger partial charge on any atom is 0.335 e. The zero-order valence-electron chi connectivity index (χ0n) is 10.5. The molecular formula is C12H17N3O2. The van der Waals surface area contributed by atoms with Crippen LogP contribution in [0.5, 0.6) is 0 Å². The second kappa shape index (κ2) is 4.86. The van der Waals surface area contributed by atoms with Gasteiger partial charge in [0.25, 0.3) is 0 Å². The zero-order valence-corrected chi connectivity index (χ0v) is 10.5. The van der Waals surface area contributed by atoms with E-state index >= 15 is 0 Å². The Labute approximate surface area is 101 Å². The molecule has 0 aliphatic carbocycles. The van der Waals surface area contributed by atoms with Crippen LogP contribution in [0, 0.1) is 12.3 Å². The number of hydrogen-bond acceptors (Lipinski definition) is 2. The molecule has 92 valence electrons. The molecule has 0 atom stereocenters. The molecule has 0 saturated heterocycles. The van der Waals surface area contributed by atoms with E-state index in [-0.39, 0.29) is 5.56 Å². The van der Waals surface area contributed by atoms with E-state index in [1.165, 1.54) is 0 Å². The minimum atomic E-state index is -0.959. The van der Waals surface area contributed by atoms with Crippen LogP contribution in [0.3, 0.4) is 0 Å². The number of rotatable bonds is 2. The highest BCUT2D eigenvalue weighted by molar-refractivity contribution is 5.95. The summed E-state index contributed by atoms with van der Waals surface area (Å²) in [6.45, 7) is 1.84. The third-order valence-electron chi connectivity index (χ3n) is 2.44.